The van der Waals surface area contributed by atoms with Gasteiger partial charge in [-0.1, -0.05) is 0 Å². The summed E-state index contributed by atoms with van der Waals surface area (Å²) in [4.78, 5) is 23.3. The lowest BCUT2D eigenvalue weighted by Crippen LogP contribution is -2.41. The summed E-state index contributed by atoms with van der Waals surface area (Å²) in [6, 6.07) is 0. The van der Waals surface area contributed by atoms with E-state index in [4.69, 9.17) is 9.47 Å². The Morgan fingerprint density at radius 3 is 2.73 bits per heavy atom. The van der Waals surface area contributed by atoms with Gasteiger partial charge in [-0.25, -0.2) is 4.79 Å². The van der Waals surface area contributed by atoms with E-state index in [1.54, 1.807) is 20.8 Å². The van der Waals surface area contributed by atoms with Crippen molar-refractivity contribution >= 4 is 24.3 Å². The second kappa shape index (κ2) is 4.74. The number of carbonyl (C=O) groups excluding carboxylic acids is 2. The molecule has 6 heteroatoms. The molecular formula is C9H15NO4S. The minimum absolute atomic E-state index is 0.355. The number of amides is 1. The summed E-state index contributed by atoms with van der Waals surface area (Å²) in [5, 5.41) is 0. The van der Waals surface area contributed by atoms with E-state index >= 15 is 0 Å². The van der Waals surface area contributed by atoms with Crippen LogP contribution in [0, 0.1) is 0 Å². The highest BCUT2D eigenvalue weighted by atomic mass is 32.2. The quantitative estimate of drug-likeness (QED) is 0.675. The van der Waals surface area contributed by atoms with Crippen LogP contribution in [0.3, 0.4) is 0 Å². The first-order valence-electron chi connectivity index (χ1n) is 4.60. The summed E-state index contributed by atoms with van der Waals surface area (Å²) in [6.45, 7) is 5.74. The Labute approximate surface area is 93.1 Å². The fraction of sp³-hybridized carbons (Fsp3) is 0.778. The SMILES string of the molecule is CC(C)(C)OC(=O)N1CSC[C@H]1OC=O. The first-order chi connectivity index (χ1) is 6.94. The molecule has 0 saturated carbocycles. The maximum absolute atomic E-state index is 11.6. The summed E-state index contributed by atoms with van der Waals surface area (Å²) in [7, 11) is 0. The van der Waals surface area contributed by atoms with Crippen molar-refractivity contribution in [2.24, 2.45) is 0 Å². The van der Waals surface area contributed by atoms with Gasteiger partial charge in [0.2, 0.25) is 0 Å². The summed E-state index contributed by atoms with van der Waals surface area (Å²) in [6.07, 6.45) is -0.943. The van der Waals surface area contributed by atoms with Gasteiger partial charge in [0.1, 0.15) is 5.60 Å². The van der Waals surface area contributed by atoms with Gasteiger partial charge < -0.3 is 9.47 Å². The van der Waals surface area contributed by atoms with Gasteiger partial charge >= 0.3 is 6.09 Å². The molecule has 0 aliphatic carbocycles. The minimum atomic E-state index is -0.532. The zero-order valence-electron chi connectivity index (χ0n) is 9.06. The Morgan fingerprint density at radius 1 is 1.53 bits per heavy atom. The van der Waals surface area contributed by atoms with Crippen LogP contribution in [0.15, 0.2) is 0 Å². The number of carbonyl (C=O) groups is 2. The Morgan fingerprint density at radius 2 is 2.20 bits per heavy atom. The summed E-state index contributed by atoms with van der Waals surface area (Å²) in [5.41, 5.74) is -0.532. The standard InChI is InChI=1S/C9H15NO4S/c1-9(2,3)14-8(12)10-5-15-4-7(10)13-6-11/h6-7H,4-5H2,1-3H3/t7-/m1/s1. The fourth-order valence-corrected chi connectivity index (χ4v) is 2.13. The van der Waals surface area contributed by atoms with Crippen molar-refractivity contribution in [3.63, 3.8) is 0 Å². The molecule has 5 nitrogen and oxygen atoms in total. The van der Waals surface area contributed by atoms with Crippen LogP contribution in [-0.4, -0.2) is 40.9 Å². The molecule has 86 valence electrons. The number of hydrogen-bond acceptors (Lipinski definition) is 5. The predicted octanol–water partition coefficient (Wildman–Crippen LogP) is 1.43. The summed E-state index contributed by atoms with van der Waals surface area (Å²) < 4.78 is 9.95. The smallest absolute Gasteiger partial charge is 0.413 e. The maximum atomic E-state index is 11.6. The molecule has 1 heterocycles. The van der Waals surface area contributed by atoms with Crippen LogP contribution in [-0.2, 0) is 14.3 Å². The van der Waals surface area contributed by atoms with Crippen LogP contribution in [0.4, 0.5) is 4.79 Å². The maximum Gasteiger partial charge on any atom is 0.413 e. The predicted molar refractivity (Wildman–Crippen MR) is 56.3 cm³/mol. The van der Waals surface area contributed by atoms with E-state index in [2.05, 4.69) is 0 Å². The van der Waals surface area contributed by atoms with Crippen molar-refractivity contribution in [3.8, 4) is 0 Å². The average Bonchev–Trinajstić information content (AvgIpc) is 2.49. The lowest BCUT2D eigenvalue weighted by atomic mass is 10.2. The number of thioether (sulfide) groups is 1. The molecule has 0 N–H and O–H groups in total. The largest absolute Gasteiger partial charge is 0.444 e. The van der Waals surface area contributed by atoms with E-state index in [0.717, 1.165) is 0 Å². The van der Waals surface area contributed by atoms with Gasteiger partial charge in [-0.3, -0.25) is 9.69 Å². The zero-order chi connectivity index (χ0) is 11.5. The molecule has 1 atom stereocenters. The van der Waals surface area contributed by atoms with Crippen LogP contribution in [0.2, 0.25) is 0 Å². The molecule has 0 bridgehead atoms. The van der Waals surface area contributed by atoms with Crippen LogP contribution < -0.4 is 0 Å². The third-order valence-electron chi connectivity index (χ3n) is 1.68. The van der Waals surface area contributed by atoms with Crippen LogP contribution in [0.1, 0.15) is 20.8 Å². The Hall–Kier alpha value is -0.910. The number of rotatable bonds is 2. The molecule has 0 radical (unpaired) electrons. The fourth-order valence-electron chi connectivity index (χ4n) is 1.09. The first kappa shape index (κ1) is 12.2. The molecular weight excluding hydrogens is 218 g/mol. The van der Waals surface area contributed by atoms with Crippen LogP contribution >= 0.6 is 11.8 Å². The topological polar surface area (TPSA) is 55.8 Å². The Kier molecular flexibility index (Phi) is 3.84. The van der Waals surface area contributed by atoms with Crippen molar-refractivity contribution in [2.45, 2.75) is 32.6 Å². The molecule has 0 aromatic rings. The third kappa shape index (κ3) is 3.62. The number of nitrogens with zero attached hydrogens (tertiary/aromatic N) is 1. The molecule has 1 aliphatic heterocycles. The van der Waals surface area contributed by atoms with Gasteiger partial charge in [-0.15, -0.1) is 11.8 Å². The Balaban J connectivity index is 2.54. The van der Waals surface area contributed by atoms with E-state index in [1.807, 2.05) is 0 Å². The second-order valence-electron chi connectivity index (χ2n) is 4.14. The first-order valence-corrected chi connectivity index (χ1v) is 5.76. The van der Waals surface area contributed by atoms with Crippen molar-refractivity contribution in [1.82, 2.24) is 4.90 Å². The van der Waals surface area contributed by atoms with E-state index in [-0.39, 0.29) is 0 Å². The molecule has 0 unspecified atom stereocenters. The normalized spacial score (nSPS) is 21.3. The van der Waals surface area contributed by atoms with Crippen molar-refractivity contribution in [1.29, 1.82) is 0 Å². The third-order valence-corrected chi connectivity index (χ3v) is 2.66. The molecule has 1 saturated heterocycles. The minimum Gasteiger partial charge on any atom is -0.444 e. The van der Waals surface area contributed by atoms with Crippen LogP contribution in [0.5, 0.6) is 0 Å². The van der Waals surface area contributed by atoms with E-state index < -0.39 is 17.9 Å². The van der Waals surface area contributed by atoms with E-state index in [9.17, 15) is 9.59 Å². The number of hydrogen-bond donors (Lipinski definition) is 0. The van der Waals surface area contributed by atoms with Crippen LogP contribution in [0.25, 0.3) is 0 Å². The summed E-state index contributed by atoms with van der Waals surface area (Å²) >= 11 is 1.53. The lowest BCUT2D eigenvalue weighted by molar-refractivity contribution is -0.138. The molecule has 0 aromatic carbocycles. The van der Waals surface area contributed by atoms with E-state index in [1.165, 1.54) is 16.7 Å². The zero-order valence-corrected chi connectivity index (χ0v) is 9.87. The van der Waals surface area contributed by atoms with Crippen molar-refractivity contribution < 1.29 is 19.1 Å². The monoisotopic (exact) mass is 233 g/mol. The van der Waals surface area contributed by atoms with Crippen molar-refractivity contribution in [2.75, 3.05) is 11.6 Å². The highest BCUT2D eigenvalue weighted by Crippen LogP contribution is 2.23. The molecule has 1 aliphatic rings. The second-order valence-corrected chi connectivity index (χ2v) is 5.14. The van der Waals surface area contributed by atoms with Gasteiger partial charge in [0.25, 0.3) is 6.47 Å². The van der Waals surface area contributed by atoms with Gasteiger partial charge in [-0.05, 0) is 20.8 Å². The average molecular weight is 233 g/mol. The summed E-state index contributed by atoms with van der Waals surface area (Å²) in [5.74, 6) is 1.09. The van der Waals surface area contributed by atoms with Crippen molar-refractivity contribution in [3.05, 3.63) is 0 Å². The molecule has 1 fully saturated rings. The molecule has 15 heavy (non-hydrogen) atoms. The molecule has 0 aromatic heterocycles. The number of ether oxygens (including phenoxy) is 2. The Bertz CT molecular complexity index is 251. The molecule has 1 amide bonds. The van der Waals surface area contributed by atoms with Gasteiger partial charge in [0.15, 0.2) is 6.23 Å². The van der Waals surface area contributed by atoms with Gasteiger partial charge in [-0.2, -0.15) is 0 Å². The molecule has 1 rings (SSSR count). The lowest BCUT2D eigenvalue weighted by Gasteiger charge is -2.26. The van der Waals surface area contributed by atoms with Gasteiger partial charge in [0.05, 0.1) is 11.6 Å². The highest BCUT2D eigenvalue weighted by Gasteiger charge is 2.33. The van der Waals surface area contributed by atoms with E-state index in [0.29, 0.717) is 18.1 Å². The van der Waals surface area contributed by atoms with Gasteiger partial charge in [0, 0.05) is 0 Å². The highest BCUT2D eigenvalue weighted by molar-refractivity contribution is 7.99. The molecule has 0 spiro atoms.